The summed E-state index contributed by atoms with van der Waals surface area (Å²) in [7, 11) is 0. The van der Waals surface area contributed by atoms with E-state index in [0.717, 1.165) is 11.3 Å². The molecule has 3 nitrogen and oxygen atoms in total. The van der Waals surface area contributed by atoms with Crippen LogP contribution in [0.3, 0.4) is 0 Å². The van der Waals surface area contributed by atoms with Crippen LogP contribution in [0, 0.1) is 20.8 Å². The highest BCUT2D eigenvalue weighted by Crippen LogP contribution is 2.31. The highest BCUT2D eigenvalue weighted by atomic mass is 16.5. The summed E-state index contributed by atoms with van der Waals surface area (Å²) < 4.78 is 5.92. The van der Waals surface area contributed by atoms with E-state index in [1.54, 1.807) is 24.3 Å². The molecule has 132 valence electrons. The Morgan fingerprint density at radius 2 is 1.46 bits per heavy atom. The Kier molecular flexibility index (Phi) is 5.08. The average molecular weight is 346 g/mol. The molecule has 3 rings (SSSR count). The molecule has 0 atom stereocenters. The van der Waals surface area contributed by atoms with Crippen molar-refractivity contribution in [1.29, 1.82) is 0 Å². The van der Waals surface area contributed by atoms with Crippen LogP contribution in [0.5, 0.6) is 5.75 Å². The van der Waals surface area contributed by atoms with Crippen LogP contribution in [0.2, 0.25) is 0 Å². The van der Waals surface area contributed by atoms with Gasteiger partial charge in [-0.2, -0.15) is 0 Å². The van der Waals surface area contributed by atoms with Gasteiger partial charge in [-0.3, -0.25) is 0 Å². The maximum absolute atomic E-state index is 10.9. The molecule has 0 saturated carbocycles. The van der Waals surface area contributed by atoms with E-state index in [1.165, 1.54) is 27.8 Å². The van der Waals surface area contributed by atoms with Gasteiger partial charge in [0.1, 0.15) is 12.4 Å². The Bertz CT molecular complexity index is 900. The summed E-state index contributed by atoms with van der Waals surface area (Å²) >= 11 is 0. The summed E-state index contributed by atoms with van der Waals surface area (Å²) in [5, 5.41) is 8.95. The largest absolute Gasteiger partial charge is 0.489 e. The third-order valence-corrected chi connectivity index (χ3v) is 4.45. The second-order valence-electron chi connectivity index (χ2n) is 6.59. The van der Waals surface area contributed by atoms with E-state index < -0.39 is 5.97 Å². The second-order valence-corrected chi connectivity index (χ2v) is 6.59. The molecule has 3 heteroatoms. The summed E-state index contributed by atoms with van der Waals surface area (Å²) in [5.41, 5.74) is 7.26. The maximum atomic E-state index is 10.9. The molecule has 0 saturated heterocycles. The van der Waals surface area contributed by atoms with Crippen molar-refractivity contribution in [3.63, 3.8) is 0 Å². The SMILES string of the molecule is Cc1ccc(-c2c(C)cc(OCc3ccc(C(=O)O)cc3)cc2C)cc1. The third-order valence-electron chi connectivity index (χ3n) is 4.45. The summed E-state index contributed by atoms with van der Waals surface area (Å²) in [6.07, 6.45) is 0. The number of rotatable bonds is 5. The van der Waals surface area contributed by atoms with E-state index in [4.69, 9.17) is 9.84 Å². The Labute approximate surface area is 153 Å². The van der Waals surface area contributed by atoms with E-state index in [9.17, 15) is 4.79 Å². The van der Waals surface area contributed by atoms with Gasteiger partial charge in [-0.1, -0.05) is 42.0 Å². The molecule has 0 heterocycles. The van der Waals surface area contributed by atoms with Crippen molar-refractivity contribution in [3.8, 4) is 16.9 Å². The van der Waals surface area contributed by atoms with E-state index in [1.807, 2.05) is 12.1 Å². The molecule has 3 aromatic rings. The van der Waals surface area contributed by atoms with E-state index >= 15 is 0 Å². The minimum Gasteiger partial charge on any atom is -0.489 e. The highest BCUT2D eigenvalue weighted by molar-refractivity contribution is 5.87. The van der Waals surface area contributed by atoms with Crippen LogP contribution in [0.25, 0.3) is 11.1 Å². The number of carboxylic acid groups (broad SMARTS) is 1. The van der Waals surface area contributed by atoms with E-state index in [0.29, 0.717) is 6.61 Å². The minimum atomic E-state index is -0.921. The Morgan fingerprint density at radius 3 is 2.00 bits per heavy atom. The zero-order chi connectivity index (χ0) is 18.7. The number of aromatic carboxylic acids is 1. The molecule has 26 heavy (non-hydrogen) atoms. The molecule has 0 aliphatic carbocycles. The highest BCUT2D eigenvalue weighted by Gasteiger charge is 2.09. The number of ether oxygens (including phenoxy) is 1. The zero-order valence-electron chi connectivity index (χ0n) is 15.2. The van der Waals surface area contributed by atoms with Gasteiger partial charge in [0.05, 0.1) is 5.56 Å². The van der Waals surface area contributed by atoms with Crippen molar-refractivity contribution in [3.05, 3.63) is 88.5 Å². The van der Waals surface area contributed by atoms with E-state index in [2.05, 4.69) is 45.0 Å². The van der Waals surface area contributed by atoms with Crippen LogP contribution in [0.15, 0.2) is 60.7 Å². The topological polar surface area (TPSA) is 46.5 Å². The van der Waals surface area contributed by atoms with Crippen molar-refractivity contribution in [2.24, 2.45) is 0 Å². The van der Waals surface area contributed by atoms with Gasteiger partial charge in [-0.15, -0.1) is 0 Å². The Hall–Kier alpha value is -3.07. The summed E-state index contributed by atoms with van der Waals surface area (Å²) in [6.45, 7) is 6.68. The molecule has 1 N–H and O–H groups in total. The van der Waals surface area contributed by atoms with Crippen LogP contribution >= 0.6 is 0 Å². The first-order chi connectivity index (χ1) is 12.4. The fourth-order valence-corrected chi connectivity index (χ4v) is 3.09. The van der Waals surface area contributed by atoms with Gasteiger partial charge in [-0.05, 0) is 72.9 Å². The Morgan fingerprint density at radius 1 is 0.885 bits per heavy atom. The van der Waals surface area contributed by atoms with Gasteiger partial charge in [0.25, 0.3) is 0 Å². The first-order valence-electron chi connectivity index (χ1n) is 8.57. The normalized spacial score (nSPS) is 10.6. The van der Waals surface area contributed by atoms with Gasteiger partial charge in [0.2, 0.25) is 0 Å². The molecule has 0 aliphatic heterocycles. The molecule has 0 spiro atoms. The lowest BCUT2D eigenvalue weighted by molar-refractivity contribution is 0.0697. The number of hydrogen-bond acceptors (Lipinski definition) is 2. The van der Waals surface area contributed by atoms with Crippen molar-refractivity contribution < 1.29 is 14.6 Å². The zero-order valence-corrected chi connectivity index (χ0v) is 15.2. The van der Waals surface area contributed by atoms with Gasteiger partial charge in [0.15, 0.2) is 0 Å². The number of carbonyl (C=O) groups is 1. The standard InChI is InChI=1S/C23H22O3/c1-15-4-8-19(9-5-15)22-16(2)12-21(13-17(22)3)26-14-18-6-10-20(11-7-18)23(24)25/h4-13H,14H2,1-3H3,(H,24,25). The van der Waals surface area contributed by atoms with Crippen LogP contribution in [-0.2, 0) is 6.61 Å². The molecular formula is C23H22O3. The number of carboxylic acids is 1. The first-order valence-corrected chi connectivity index (χ1v) is 8.57. The van der Waals surface area contributed by atoms with Crippen LogP contribution < -0.4 is 4.74 Å². The van der Waals surface area contributed by atoms with Gasteiger partial charge < -0.3 is 9.84 Å². The fraction of sp³-hybridized carbons (Fsp3) is 0.174. The molecule has 3 aromatic carbocycles. The number of benzene rings is 3. The molecule has 0 fully saturated rings. The second kappa shape index (κ2) is 7.44. The molecular weight excluding hydrogens is 324 g/mol. The molecule has 0 radical (unpaired) electrons. The van der Waals surface area contributed by atoms with Crippen LogP contribution in [-0.4, -0.2) is 11.1 Å². The first kappa shape index (κ1) is 17.7. The lowest BCUT2D eigenvalue weighted by atomic mass is 9.95. The van der Waals surface area contributed by atoms with E-state index in [-0.39, 0.29) is 5.56 Å². The minimum absolute atomic E-state index is 0.280. The molecule has 0 aliphatic rings. The molecule has 0 amide bonds. The molecule has 0 unspecified atom stereocenters. The summed E-state index contributed by atoms with van der Waals surface area (Å²) in [5.74, 6) is -0.103. The number of aryl methyl sites for hydroxylation is 3. The monoisotopic (exact) mass is 346 g/mol. The predicted octanol–water partition coefficient (Wildman–Crippen LogP) is 5.56. The smallest absolute Gasteiger partial charge is 0.335 e. The van der Waals surface area contributed by atoms with Gasteiger partial charge in [0, 0.05) is 0 Å². The average Bonchev–Trinajstić information content (AvgIpc) is 2.61. The van der Waals surface area contributed by atoms with Crippen molar-refractivity contribution in [2.75, 3.05) is 0 Å². The number of hydrogen-bond donors (Lipinski definition) is 1. The van der Waals surface area contributed by atoms with Crippen LogP contribution in [0.1, 0.15) is 32.6 Å². The maximum Gasteiger partial charge on any atom is 0.335 e. The molecule has 0 bridgehead atoms. The molecule has 0 aromatic heterocycles. The quantitative estimate of drug-likeness (QED) is 0.658. The van der Waals surface area contributed by atoms with Crippen molar-refractivity contribution >= 4 is 5.97 Å². The lowest BCUT2D eigenvalue weighted by Crippen LogP contribution is -2.00. The fourth-order valence-electron chi connectivity index (χ4n) is 3.09. The predicted molar refractivity (Wildman–Crippen MR) is 104 cm³/mol. The van der Waals surface area contributed by atoms with Gasteiger partial charge >= 0.3 is 5.97 Å². The Balaban J connectivity index is 1.77. The van der Waals surface area contributed by atoms with Gasteiger partial charge in [-0.25, -0.2) is 4.79 Å². The van der Waals surface area contributed by atoms with Crippen LogP contribution in [0.4, 0.5) is 0 Å². The third kappa shape index (κ3) is 3.94. The lowest BCUT2D eigenvalue weighted by Gasteiger charge is -2.14. The van der Waals surface area contributed by atoms with Crippen molar-refractivity contribution in [1.82, 2.24) is 0 Å². The summed E-state index contributed by atoms with van der Waals surface area (Å²) in [6, 6.07) is 19.4. The summed E-state index contributed by atoms with van der Waals surface area (Å²) in [4.78, 5) is 10.9. The van der Waals surface area contributed by atoms with Crippen molar-refractivity contribution in [2.45, 2.75) is 27.4 Å².